The zero-order valence-corrected chi connectivity index (χ0v) is 15.9. The monoisotopic (exact) mass is 392 g/mol. The quantitative estimate of drug-likeness (QED) is 0.816. The van der Waals surface area contributed by atoms with Gasteiger partial charge >= 0.3 is 0 Å². The van der Waals surface area contributed by atoms with Crippen molar-refractivity contribution in [2.24, 2.45) is 0 Å². The number of halogens is 1. The van der Waals surface area contributed by atoms with Gasteiger partial charge in [-0.15, -0.1) is 11.8 Å². The van der Waals surface area contributed by atoms with Gasteiger partial charge in [0.25, 0.3) is 5.91 Å². The molecule has 1 aromatic heterocycles. The number of benzene rings is 1. The molecule has 1 N–H and O–H groups in total. The van der Waals surface area contributed by atoms with Gasteiger partial charge in [-0.3, -0.25) is 9.59 Å². The Kier molecular flexibility index (Phi) is 6.63. The van der Waals surface area contributed by atoms with Crippen molar-refractivity contribution < 1.29 is 14.0 Å². The molecule has 0 aliphatic carbocycles. The van der Waals surface area contributed by atoms with Crippen LogP contribution >= 0.6 is 23.4 Å². The van der Waals surface area contributed by atoms with Crippen LogP contribution in [-0.4, -0.2) is 41.6 Å². The molecule has 5 nitrogen and oxygen atoms in total. The van der Waals surface area contributed by atoms with E-state index in [-0.39, 0.29) is 17.9 Å². The Balaban J connectivity index is 1.35. The van der Waals surface area contributed by atoms with Gasteiger partial charge in [-0.1, -0.05) is 23.7 Å². The zero-order valence-electron chi connectivity index (χ0n) is 14.3. The van der Waals surface area contributed by atoms with E-state index in [2.05, 4.69) is 5.32 Å². The van der Waals surface area contributed by atoms with Crippen LogP contribution in [0, 0.1) is 0 Å². The molecule has 0 unspecified atom stereocenters. The number of carbonyl (C=O) groups excluding carboxylic acids is 2. The van der Waals surface area contributed by atoms with Crippen molar-refractivity contribution >= 4 is 35.2 Å². The molecule has 1 aliphatic rings. The number of piperidine rings is 1. The van der Waals surface area contributed by atoms with Crippen molar-refractivity contribution in [3.05, 3.63) is 59.0 Å². The second-order valence-corrected chi connectivity index (χ2v) is 7.65. The van der Waals surface area contributed by atoms with Crippen LogP contribution in [-0.2, 0) is 10.5 Å². The molecule has 0 atom stereocenters. The molecule has 0 radical (unpaired) electrons. The lowest BCUT2D eigenvalue weighted by atomic mass is 10.0. The topological polar surface area (TPSA) is 62.6 Å². The number of likely N-dealkylation sites (tertiary alicyclic amines) is 1. The third-order valence-corrected chi connectivity index (χ3v) is 5.55. The maximum absolute atomic E-state index is 12.2. The first kappa shape index (κ1) is 18.9. The third kappa shape index (κ3) is 5.29. The highest BCUT2D eigenvalue weighted by Crippen LogP contribution is 2.17. The van der Waals surface area contributed by atoms with Crippen LogP contribution in [0.1, 0.15) is 29.0 Å². The fourth-order valence-corrected chi connectivity index (χ4v) is 3.82. The fourth-order valence-electron chi connectivity index (χ4n) is 2.89. The molecule has 3 rings (SSSR count). The normalized spacial score (nSPS) is 15.0. The highest BCUT2D eigenvalue weighted by atomic mass is 35.5. The maximum atomic E-state index is 12.2. The third-order valence-electron chi connectivity index (χ3n) is 4.29. The second-order valence-electron chi connectivity index (χ2n) is 6.23. The SMILES string of the molecule is O=C(CSCc1ccc(Cl)cc1)NC1CCN(C(=O)c2ccco2)CC1. The van der Waals surface area contributed by atoms with Gasteiger partial charge in [0.15, 0.2) is 5.76 Å². The molecule has 2 amide bonds. The first-order valence-corrected chi connectivity index (χ1v) is 10.1. The number of thioether (sulfide) groups is 1. The van der Waals surface area contributed by atoms with E-state index >= 15 is 0 Å². The molecular weight excluding hydrogens is 372 g/mol. The predicted octanol–water partition coefficient (Wildman–Crippen LogP) is 3.59. The van der Waals surface area contributed by atoms with Gasteiger partial charge in [-0.05, 0) is 42.7 Å². The van der Waals surface area contributed by atoms with Gasteiger partial charge in [-0.2, -0.15) is 0 Å². The molecule has 1 saturated heterocycles. The predicted molar refractivity (Wildman–Crippen MR) is 103 cm³/mol. The van der Waals surface area contributed by atoms with Crippen LogP contribution in [0.2, 0.25) is 5.02 Å². The Bertz CT molecular complexity index is 726. The van der Waals surface area contributed by atoms with E-state index in [1.165, 1.54) is 6.26 Å². The standard InChI is InChI=1S/C19H21ClN2O3S/c20-15-5-3-14(4-6-15)12-26-13-18(23)21-16-7-9-22(10-8-16)19(24)17-2-1-11-25-17/h1-6,11,16H,7-10,12-13H2,(H,21,23). The number of hydrogen-bond donors (Lipinski definition) is 1. The molecule has 2 aromatic rings. The summed E-state index contributed by atoms with van der Waals surface area (Å²) >= 11 is 7.44. The molecule has 1 aromatic carbocycles. The largest absolute Gasteiger partial charge is 0.459 e. The lowest BCUT2D eigenvalue weighted by Crippen LogP contribution is -2.46. The van der Waals surface area contributed by atoms with E-state index in [1.807, 2.05) is 24.3 Å². The van der Waals surface area contributed by atoms with E-state index in [0.29, 0.717) is 29.6 Å². The molecule has 7 heteroatoms. The summed E-state index contributed by atoms with van der Waals surface area (Å²) in [5, 5.41) is 3.78. The molecule has 26 heavy (non-hydrogen) atoms. The Morgan fingerprint density at radius 3 is 2.58 bits per heavy atom. The summed E-state index contributed by atoms with van der Waals surface area (Å²) in [4.78, 5) is 26.1. The van der Waals surface area contributed by atoms with Gasteiger partial charge in [-0.25, -0.2) is 0 Å². The number of nitrogens with one attached hydrogen (secondary N) is 1. The fraction of sp³-hybridized carbons (Fsp3) is 0.368. The minimum absolute atomic E-state index is 0.0415. The van der Waals surface area contributed by atoms with Crippen LogP contribution in [0.15, 0.2) is 47.1 Å². The number of nitrogens with zero attached hydrogens (tertiary/aromatic N) is 1. The summed E-state index contributed by atoms with van der Waals surface area (Å²) in [5.41, 5.74) is 1.15. The van der Waals surface area contributed by atoms with E-state index < -0.39 is 0 Å². The summed E-state index contributed by atoms with van der Waals surface area (Å²) in [6, 6.07) is 11.2. The summed E-state index contributed by atoms with van der Waals surface area (Å²) in [6.45, 7) is 1.25. The molecule has 0 spiro atoms. The highest BCUT2D eigenvalue weighted by molar-refractivity contribution is 7.99. The Labute approximate surface area is 162 Å². The van der Waals surface area contributed by atoms with Crippen molar-refractivity contribution in [1.82, 2.24) is 10.2 Å². The molecule has 1 aliphatic heterocycles. The Hall–Kier alpha value is -1.92. The van der Waals surface area contributed by atoms with Crippen molar-refractivity contribution in [2.75, 3.05) is 18.8 Å². The van der Waals surface area contributed by atoms with E-state index in [0.717, 1.165) is 24.2 Å². The lowest BCUT2D eigenvalue weighted by Gasteiger charge is -2.31. The van der Waals surface area contributed by atoms with Crippen LogP contribution in [0.5, 0.6) is 0 Å². The number of amides is 2. The van der Waals surface area contributed by atoms with Gasteiger partial charge in [0.05, 0.1) is 12.0 Å². The number of furan rings is 1. The summed E-state index contributed by atoms with van der Waals surface area (Å²) in [5.74, 6) is 1.53. The minimum atomic E-state index is -0.0849. The molecule has 0 bridgehead atoms. The van der Waals surface area contributed by atoms with Gasteiger partial charge in [0.1, 0.15) is 0 Å². The molecule has 0 saturated carbocycles. The minimum Gasteiger partial charge on any atom is -0.459 e. The van der Waals surface area contributed by atoms with Crippen molar-refractivity contribution in [3.8, 4) is 0 Å². The van der Waals surface area contributed by atoms with Crippen molar-refractivity contribution in [1.29, 1.82) is 0 Å². The van der Waals surface area contributed by atoms with Crippen LogP contribution in [0.25, 0.3) is 0 Å². The molecular formula is C19H21ClN2O3S. The van der Waals surface area contributed by atoms with Gasteiger partial charge in [0.2, 0.25) is 5.91 Å². The van der Waals surface area contributed by atoms with Crippen molar-refractivity contribution in [3.63, 3.8) is 0 Å². The average molecular weight is 393 g/mol. The van der Waals surface area contributed by atoms with Gasteiger partial charge in [0, 0.05) is 29.9 Å². The number of carbonyl (C=O) groups is 2. The smallest absolute Gasteiger partial charge is 0.289 e. The zero-order chi connectivity index (χ0) is 18.4. The Morgan fingerprint density at radius 1 is 1.19 bits per heavy atom. The molecule has 1 fully saturated rings. The van der Waals surface area contributed by atoms with E-state index in [1.54, 1.807) is 28.8 Å². The Morgan fingerprint density at radius 2 is 1.92 bits per heavy atom. The van der Waals surface area contributed by atoms with Crippen LogP contribution in [0.4, 0.5) is 0 Å². The number of hydrogen-bond acceptors (Lipinski definition) is 4. The summed E-state index contributed by atoms with van der Waals surface area (Å²) < 4.78 is 5.16. The van der Waals surface area contributed by atoms with Crippen molar-refractivity contribution in [2.45, 2.75) is 24.6 Å². The van der Waals surface area contributed by atoms with Crippen LogP contribution in [0.3, 0.4) is 0 Å². The second kappa shape index (κ2) is 9.14. The first-order chi connectivity index (χ1) is 12.6. The maximum Gasteiger partial charge on any atom is 0.289 e. The highest BCUT2D eigenvalue weighted by Gasteiger charge is 2.25. The summed E-state index contributed by atoms with van der Waals surface area (Å²) in [6.07, 6.45) is 3.03. The molecule has 138 valence electrons. The number of rotatable bonds is 6. The molecule has 2 heterocycles. The van der Waals surface area contributed by atoms with E-state index in [4.69, 9.17) is 16.0 Å². The average Bonchev–Trinajstić information content (AvgIpc) is 3.18. The lowest BCUT2D eigenvalue weighted by molar-refractivity contribution is -0.119. The van der Waals surface area contributed by atoms with Crippen LogP contribution < -0.4 is 5.32 Å². The van der Waals surface area contributed by atoms with E-state index in [9.17, 15) is 9.59 Å². The first-order valence-electron chi connectivity index (χ1n) is 8.56. The van der Waals surface area contributed by atoms with Gasteiger partial charge < -0.3 is 14.6 Å². The summed E-state index contributed by atoms with van der Waals surface area (Å²) in [7, 11) is 0.